The Bertz CT molecular complexity index is 315. The van der Waals surface area contributed by atoms with E-state index >= 15 is 0 Å². The Morgan fingerprint density at radius 3 is 2.35 bits per heavy atom. The second-order valence-corrected chi connectivity index (χ2v) is 5.50. The van der Waals surface area contributed by atoms with Gasteiger partial charge in [0.2, 0.25) is 5.91 Å². The summed E-state index contributed by atoms with van der Waals surface area (Å²) in [6.45, 7) is 2.42. The average Bonchev–Trinajstić information content (AvgIpc) is 2.69. The molecule has 0 aliphatic heterocycles. The van der Waals surface area contributed by atoms with Gasteiger partial charge in [-0.15, -0.1) is 0 Å². The zero-order chi connectivity index (χ0) is 15.0. The summed E-state index contributed by atoms with van der Waals surface area (Å²) in [5.74, 6) is 0.260. The van der Waals surface area contributed by atoms with E-state index in [1.807, 2.05) is 0 Å². The van der Waals surface area contributed by atoms with Crippen molar-refractivity contribution in [1.29, 1.82) is 0 Å². The SMILES string of the molecule is CNC(=O)C(NC(N)=O)C(C)OCC1CCCCCC1. The molecule has 1 saturated carbocycles. The molecule has 2 atom stereocenters. The highest BCUT2D eigenvalue weighted by molar-refractivity contribution is 5.86. The molecule has 1 aliphatic rings. The van der Waals surface area contributed by atoms with Gasteiger partial charge >= 0.3 is 6.03 Å². The molecular weight excluding hydrogens is 258 g/mol. The molecule has 1 rings (SSSR count). The van der Waals surface area contributed by atoms with Gasteiger partial charge in [-0.2, -0.15) is 0 Å². The molecule has 6 heteroatoms. The lowest BCUT2D eigenvalue weighted by Gasteiger charge is -2.25. The smallest absolute Gasteiger partial charge is 0.312 e. The quantitative estimate of drug-likeness (QED) is 0.639. The molecule has 1 fully saturated rings. The van der Waals surface area contributed by atoms with Crippen molar-refractivity contribution in [2.24, 2.45) is 11.7 Å². The Kier molecular flexibility index (Phi) is 7.36. The minimum atomic E-state index is -0.747. The monoisotopic (exact) mass is 285 g/mol. The van der Waals surface area contributed by atoms with E-state index in [1.54, 1.807) is 6.92 Å². The van der Waals surface area contributed by atoms with Crippen LogP contribution in [0.2, 0.25) is 0 Å². The van der Waals surface area contributed by atoms with E-state index in [2.05, 4.69) is 10.6 Å². The number of nitrogens with one attached hydrogen (secondary N) is 2. The van der Waals surface area contributed by atoms with E-state index in [1.165, 1.54) is 45.6 Å². The molecule has 0 aromatic rings. The van der Waals surface area contributed by atoms with Crippen molar-refractivity contribution in [3.8, 4) is 0 Å². The highest BCUT2D eigenvalue weighted by Gasteiger charge is 2.27. The highest BCUT2D eigenvalue weighted by atomic mass is 16.5. The van der Waals surface area contributed by atoms with Gasteiger partial charge in [-0.3, -0.25) is 4.79 Å². The number of carbonyl (C=O) groups excluding carboxylic acids is 2. The normalized spacial score (nSPS) is 19.7. The highest BCUT2D eigenvalue weighted by Crippen LogP contribution is 2.23. The van der Waals surface area contributed by atoms with Gasteiger partial charge in [-0.1, -0.05) is 25.7 Å². The first kappa shape index (κ1) is 16.8. The van der Waals surface area contributed by atoms with E-state index in [0.29, 0.717) is 12.5 Å². The minimum absolute atomic E-state index is 0.294. The molecule has 0 aromatic carbocycles. The Morgan fingerprint density at radius 1 is 1.25 bits per heavy atom. The molecule has 6 nitrogen and oxygen atoms in total. The van der Waals surface area contributed by atoms with Gasteiger partial charge in [0.1, 0.15) is 6.04 Å². The Hall–Kier alpha value is -1.30. The summed E-state index contributed by atoms with van der Waals surface area (Å²) in [6, 6.07) is -1.47. The average molecular weight is 285 g/mol. The molecule has 3 amide bonds. The number of urea groups is 1. The van der Waals surface area contributed by atoms with Crippen LogP contribution in [-0.2, 0) is 9.53 Å². The number of amides is 3. The molecule has 0 aromatic heterocycles. The molecule has 20 heavy (non-hydrogen) atoms. The zero-order valence-corrected chi connectivity index (χ0v) is 12.5. The summed E-state index contributed by atoms with van der Waals surface area (Å²) in [5.41, 5.74) is 5.10. The predicted octanol–water partition coefficient (Wildman–Crippen LogP) is 1.14. The fourth-order valence-electron chi connectivity index (χ4n) is 2.62. The van der Waals surface area contributed by atoms with Gasteiger partial charge in [0, 0.05) is 13.7 Å². The predicted molar refractivity (Wildman–Crippen MR) is 77.2 cm³/mol. The standard InChI is InChI=1S/C14H27N3O3/c1-10(12(13(18)16-2)17-14(15)19)20-9-11-7-5-3-4-6-8-11/h10-12H,3-9H2,1-2H3,(H,16,18)(H3,15,17,19). The Morgan fingerprint density at radius 2 is 1.85 bits per heavy atom. The molecule has 2 unspecified atom stereocenters. The topological polar surface area (TPSA) is 93.5 Å². The first-order chi connectivity index (χ1) is 9.54. The molecular formula is C14H27N3O3. The summed E-state index contributed by atoms with van der Waals surface area (Å²) in [4.78, 5) is 22.7. The lowest BCUT2D eigenvalue weighted by molar-refractivity contribution is -0.126. The fraction of sp³-hybridized carbons (Fsp3) is 0.857. The third-order valence-corrected chi connectivity index (χ3v) is 3.87. The number of hydrogen-bond acceptors (Lipinski definition) is 3. The van der Waals surface area contributed by atoms with Gasteiger partial charge in [-0.25, -0.2) is 4.79 Å². The maximum absolute atomic E-state index is 11.7. The fourth-order valence-corrected chi connectivity index (χ4v) is 2.62. The summed E-state index contributed by atoms with van der Waals surface area (Å²) < 4.78 is 5.79. The zero-order valence-electron chi connectivity index (χ0n) is 12.5. The van der Waals surface area contributed by atoms with Crippen LogP contribution in [0.1, 0.15) is 45.4 Å². The first-order valence-electron chi connectivity index (χ1n) is 7.43. The number of nitrogens with two attached hydrogens (primary N) is 1. The number of likely N-dealkylation sites (N-methyl/N-ethyl adjacent to an activating group) is 1. The molecule has 0 radical (unpaired) electrons. The molecule has 0 heterocycles. The van der Waals surface area contributed by atoms with Gasteiger partial charge in [0.15, 0.2) is 0 Å². The summed E-state index contributed by atoms with van der Waals surface area (Å²) >= 11 is 0. The lowest BCUT2D eigenvalue weighted by atomic mass is 10.0. The molecule has 1 aliphatic carbocycles. The number of carbonyl (C=O) groups is 2. The lowest BCUT2D eigenvalue weighted by Crippen LogP contribution is -2.54. The minimum Gasteiger partial charge on any atom is -0.376 e. The van der Waals surface area contributed by atoms with E-state index in [4.69, 9.17) is 10.5 Å². The van der Waals surface area contributed by atoms with Crippen molar-refractivity contribution < 1.29 is 14.3 Å². The summed E-state index contributed by atoms with van der Waals surface area (Å²) in [7, 11) is 1.52. The van der Waals surface area contributed by atoms with E-state index in [0.717, 1.165) is 0 Å². The molecule has 4 N–H and O–H groups in total. The first-order valence-corrected chi connectivity index (χ1v) is 7.43. The van der Waals surface area contributed by atoms with Crippen molar-refractivity contribution in [1.82, 2.24) is 10.6 Å². The van der Waals surface area contributed by atoms with Crippen LogP contribution in [0.5, 0.6) is 0 Å². The van der Waals surface area contributed by atoms with Gasteiger partial charge < -0.3 is 21.1 Å². The van der Waals surface area contributed by atoms with Crippen LogP contribution < -0.4 is 16.4 Å². The molecule has 0 bridgehead atoms. The second-order valence-electron chi connectivity index (χ2n) is 5.50. The van der Waals surface area contributed by atoms with Crippen LogP contribution in [-0.4, -0.2) is 37.7 Å². The molecule has 0 saturated heterocycles. The van der Waals surface area contributed by atoms with Crippen LogP contribution >= 0.6 is 0 Å². The van der Waals surface area contributed by atoms with E-state index in [-0.39, 0.29) is 5.91 Å². The second kappa shape index (κ2) is 8.79. The van der Waals surface area contributed by atoms with Crippen LogP contribution in [0.3, 0.4) is 0 Å². The number of hydrogen-bond donors (Lipinski definition) is 3. The third-order valence-electron chi connectivity index (χ3n) is 3.87. The maximum Gasteiger partial charge on any atom is 0.312 e. The van der Waals surface area contributed by atoms with Gasteiger partial charge in [-0.05, 0) is 25.7 Å². The Balaban J connectivity index is 2.45. The van der Waals surface area contributed by atoms with Crippen LogP contribution in [0.4, 0.5) is 4.79 Å². The maximum atomic E-state index is 11.7. The van der Waals surface area contributed by atoms with Crippen molar-refractivity contribution in [2.75, 3.05) is 13.7 Å². The molecule has 116 valence electrons. The van der Waals surface area contributed by atoms with Crippen molar-refractivity contribution in [2.45, 2.75) is 57.6 Å². The van der Waals surface area contributed by atoms with Crippen molar-refractivity contribution >= 4 is 11.9 Å². The van der Waals surface area contributed by atoms with Gasteiger partial charge in [0.25, 0.3) is 0 Å². The summed E-state index contributed by atoms with van der Waals surface area (Å²) in [6.07, 6.45) is 7.07. The van der Waals surface area contributed by atoms with Gasteiger partial charge in [0.05, 0.1) is 6.10 Å². The molecule has 0 spiro atoms. The largest absolute Gasteiger partial charge is 0.376 e. The number of primary amides is 1. The van der Waals surface area contributed by atoms with E-state index in [9.17, 15) is 9.59 Å². The van der Waals surface area contributed by atoms with E-state index < -0.39 is 18.2 Å². The van der Waals surface area contributed by atoms with Crippen molar-refractivity contribution in [3.05, 3.63) is 0 Å². The number of ether oxygens (including phenoxy) is 1. The number of rotatable bonds is 6. The Labute approximate surface area is 120 Å². The van der Waals surface area contributed by atoms with Crippen LogP contribution in [0.25, 0.3) is 0 Å². The summed E-state index contributed by atoms with van der Waals surface area (Å²) in [5, 5.41) is 4.94. The van der Waals surface area contributed by atoms with Crippen LogP contribution in [0.15, 0.2) is 0 Å². The third kappa shape index (κ3) is 5.77. The van der Waals surface area contributed by atoms with Crippen molar-refractivity contribution in [3.63, 3.8) is 0 Å². The van der Waals surface area contributed by atoms with Crippen LogP contribution in [0, 0.1) is 5.92 Å².